The zero-order chi connectivity index (χ0) is 18.3. The fourth-order valence-electron chi connectivity index (χ4n) is 0.824. The minimum atomic E-state index is -1.17. The van der Waals surface area contributed by atoms with Crippen LogP contribution in [0.15, 0.2) is 46.8 Å². The molecule has 2 rings (SSSR count). The van der Waals surface area contributed by atoms with Gasteiger partial charge in [-0.3, -0.25) is 0 Å². The van der Waals surface area contributed by atoms with E-state index >= 15 is 0 Å². The third-order valence-corrected chi connectivity index (χ3v) is 2.02. The second-order valence-corrected chi connectivity index (χ2v) is 4.49. The molecule has 5 radical (unpaired) electrons. The molecule has 0 amide bonds. The molecule has 1 aromatic rings. The molecule has 1 aliphatic carbocycles. The topological polar surface area (TPSA) is 136 Å². The van der Waals surface area contributed by atoms with Crippen LogP contribution in [0.2, 0.25) is 0 Å². The number of nitrogens with one attached hydrogen (secondary N) is 1. The van der Waals surface area contributed by atoms with Gasteiger partial charge in [-0.25, -0.2) is 0 Å². The second-order valence-electron chi connectivity index (χ2n) is 3.57. The number of carbonyl (C=O) groups excluding carboxylic acids is 3. The summed E-state index contributed by atoms with van der Waals surface area (Å²) in [6, 6.07) is 3.04. The summed E-state index contributed by atoms with van der Waals surface area (Å²) in [5, 5.41) is 27.7. The molecule has 7 nitrogen and oxygen atoms in total. The molecule has 1 aliphatic rings. The van der Waals surface area contributed by atoms with Crippen LogP contribution in [0.5, 0.6) is 0 Å². The first-order valence-corrected chi connectivity index (χ1v) is 6.77. The molecule has 0 aromatic carbocycles. The molecular weight excluding hydrogens is 577 g/mol. The van der Waals surface area contributed by atoms with Crippen molar-refractivity contribution in [3.05, 3.63) is 58.9 Å². The van der Waals surface area contributed by atoms with Crippen LogP contribution in [0.3, 0.4) is 0 Å². The van der Waals surface area contributed by atoms with Gasteiger partial charge in [0.2, 0.25) is 0 Å². The number of hydrogen-bond acceptors (Lipinski definition) is 6. The molecular formula is C15H14BrNO6Pb-3. The van der Waals surface area contributed by atoms with Crippen LogP contribution in [0, 0.1) is 6.42 Å². The van der Waals surface area contributed by atoms with Crippen molar-refractivity contribution in [1.82, 2.24) is 4.98 Å². The van der Waals surface area contributed by atoms with E-state index < -0.39 is 17.9 Å². The van der Waals surface area contributed by atoms with Crippen molar-refractivity contribution in [3.8, 4) is 0 Å². The van der Waals surface area contributed by atoms with Crippen LogP contribution in [-0.2, 0) is 9.59 Å². The van der Waals surface area contributed by atoms with Crippen LogP contribution in [0.4, 0.5) is 0 Å². The summed E-state index contributed by atoms with van der Waals surface area (Å²) in [5.74, 6) is -3.34. The zero-order valence-corrected chi connectivity index (χ0v) is 18.3. The molecule has 0 fully saturated rings. The maximum absolute atomic E-state index is 9.92. The normalized spacial score (nSPS) is 10.0. The number of aromatic nitrogens is 1. The number of aromatic amines is 1. The number of aromatic carboxylic acids is 1. The Bertz CT molecular complexity index is 569. The van der Waals surface area contributed by atoms with Crippen molar-refractivity contribution in [2.75, 3.05) is 0 Å². The number of rotatable bonds is 1. The number of H-pyrrole nitrogens is 1. The second kappa shape index (κ2) is 17.7. The molecule has 0 unspecified atom stereocenters. The molecule has 24 heavy (non-hydrogen) atoms. The number of carboxylic acid groups (broad SMARTS) is 3. The monoisotopic (exact) mass is 591 g/mol. The fourth-order valence-corrected chi connectivity index (χ4v) is 1.09. The maximum atomic E-state index is 9.92. The summed E-state index contributed by atoms with van der Waals surface area (Å²) < 4.78 is 1.10. The van der Waals surface area contributed by atoms with Crippen LogP contribution in [-0.4, -0.2) is 50.2 Å². The number of carboxylic acids is 3. The summed E-state index contributed by atoms with van der Waals surface area (Å²) in [6.45, 7) is 1.94. The van der Waals surface area contributed by atoms with Crippen molar-refractivity contribution < 1.29 is 29.7 Å². The van der Waals surface area contributed by atoms with E-state index in [9.17, 15) is 9.90 Å². The van der Waals surface area contributed by atoms with Crippen molar-refractivity contribution in [1.29, 1.82) is 0 Å². The number of halogens is 1. The predicted octanol–water partition coefficient (Wildman–Crippen LogP) is -1.30. The Morgan fingerprint density at radius 2 is 1.58 bits per heavy atom. The minimum Gasteiger partial charge on any atom is -0.550 e. The van der Waals surface area contributed by atoms with Gasteiger partial charge in [-0.2, -0.15) is 0 Å². The first kappa shape index (κ1) is 27.2. The van der Waals surface area contributed by atoms with E-state index in [1.807, 2.05) is 24.6 Å². The van der Waals surface area contributed by atoms with Crippen molar-refractivity contribution in [3.63, 3.8) is 0 Å². The van der Waals surface area contributed by atoms with Gasteiger partial charge in [-0.05, 0) is 44.2 Å². The molecule has 1 aromatic heterocycles. The first-order chi connectivity index (χ1) is 10.7. The van der Waals surface area contributed by atoms with Gasteiger partial charge in [0, 0.05) is 56.3 Å². The van der Waals surface area contributed by atoms with Crippen LogP contribution >= 0.6 is 15.9 Å². The average Bonchev–Trinajstić information content (AvgIpc) is 2.93. The van der Waals surface area contributed by atoms with Crippen molar-refractivity contribution >= 4 is 61.1 Å². The van der Waals surface area contributed by atoms with E-state index in [2.05, 4.69) is 26.6 Å². The summed E-state index contributed by atoms with van der Waals surface area (Å²) in [6.07, 6.45) is 9.15. The number of carbonyl (C=O) groups is 3. The quantitative estimate of drug-likeness (QED) is 0.319. The Hall–Kier alpha value is -1.65. The predicted molar refractivity (Wildman–Crippen MR) is 86.2 cm³/mol. The molecule has 9 heteroatoms. The van der Waals surface area contributed by atoms with Gasteiger partial charge in [-0.1, -0.05) is 15.9 Å². The molecule has 0 saturated carbocycles. The van der Waals surface area contributed by atoms with Gasteiger partial charge in [0.1, 0.15) is 0 Å². The molecule has 0 saturated heterocycles. The summed E-state index contributed by atoms with van der Waals surface area (Å²) >= 11 is 3.29. The molecule has 0 aliphatic heterocycles. The smallest absolute Gasteiger partial charge is 0.0878 e. The van der Waals surface area contributed by atoms with Gasteiger partial charge in [0.15, 0.2) is 0 Å². The average molecular weight is 591 g/mol. The van der Waals surface area contributed by atoms with Crippen LogP contribution in [0.25, 0.3) is 0 Å². The van der Waals surface area contributed by atoms with Gasteiger partial charge in [0.25, 0.3) is 0 Å². The molecule has 1 N–H and O–H groups in total. The van der Waals surface area contributed by atoms with Crippen molar-refractivity contribution in [2.24, 2.45) is 0 Å². The third kappa shape index (κ3) is 25.3. The van der Waals surface area contributed by atoms with Gasteiger partial charge >= 0.3 is 0 Å². The van der Waals surface area contributed by atoms with Gasteiger partial charge in [0.05, 0.1) is 11.7 Å². The number of allylic oxidation sites excluding steroid dienone is 3. The van der Waals surface area contributed by atoms with E-state index in [-0.39, 0.29) is 33.0 Å². The van der Waals surface area contributed by atoms with Crippen LogP contribution < -0.4 is 15.3 Å². The Kier molecular flexibility index (Phi) is 20.1. The first-order valence-electron chi connectivity index (χ1n) is 5.98. The maximum Gasteiger partial charge on any atom is 0.0878 e. The summed E-state index contributed by atoms with van der Waals surface area (Å²) in [7, 11) is 0. The Morgan fingerprint density at radius 1 is 1.08 bits per heavy atom. The van der Waals surface area contributed by atoms with Gasteiger partial charge < -0.3 is 34.7 Å². The zero-order valence-electron chi connectivity index (χ0n) is 12.9. The SMILES string of the molecule is BrC1=CC=C=C[CH]1.CC(=O)[O-].CC(=O)[O-].O=C([O-])c1ccc[nH]1.[Pb]. The largest absolute Gasteiger partial charge is 0.550 e. The molecule has 0 bridgehead atoms. The standard InChI is InChI=1S/C6H4Br.C5H5NO2.2C2H4O2.Pb/c7-6-4-2-1-3-5-6;7-5(8)4-2-1-3-6-4;2*1-2(3)4;/h2-5H;1-3,6H,(H,7,8);2*1H3,(H,3,4);/p-3. The minimum absolute atomic E-state index is 0. The van der Waals surface area contributed by atoms with E-state index in [1.165, 1.54) is 12.3 Å². The van der Waals surface area contributed by atoms with E-state index in [0.29, 0.717) is 0 Å². The molecule has 0 spiro atoms. The molecule has 1 heterocycles. The summed E-state index contributed by atoms with van der Waals surface area (Å²) in [4.78, 5) is 30.2. The molecule has 129 valence electrons. The van der Waals surface area contributed by atoms with Gasteiger partial charge in [-0.15, -0.1) is 5.73 Å². The van der Waals surface area contributed by atoms with E-state index in [4.69, 9.17) is 19.8 Å². The molecule has 0 atom stereocenters. The fraction of sp³-hybridized carbons (Fsp3) is 0.133. The van der Waals surface area contributed by atoms with E-state index in [0.717, 1.165) is 18.3 Å². The summed E-state index contributed by atoms with van der Waals surface area (Å²) in [5.41, 5.74) is 3.02. The van der Waals surface area contributed by atoms with Crippen LogP contribution in [0.1, 0.15) is 24.3 Å². The third-order valence-electron chi connectivity index (χ3n) is 1.50. The Labute approximate surface area is 168 Å². The number of aliphatic carboxylic acids is 2. The Balaban J connectivity index is -0.000000254. The number of hydrogen-bond donors (Lipinski definition) is 1. The van der Waals surface area contributed by atoms with E-state index in [1.54, 1.807) is 6.07 Å². The Morgan fingerprint density at radius 3 is 1.75 bits per heavy atom. The van der Waals surface area contributed by atoms with Crippen molar-refractivity contribution in [2.45, 2.75) is 13.8 Å².